The summed E-state index contributed by atoms with van der Waals surface area (Å²) >= 11 is 0. The van der Waals surface area contributed by atoms with E-state index in [1.807, 2.05) is 12.2 Å². The summed E-state index contributed by atoms with van der Waals surface area (Å²) in [7, 11) is 0.837. The van der Waals surface area contributed by atoms with Gasteiger partial charge in [0.2, 0.25) is 0 Å². The number of hydrogen-bond acceptors (Lipinski definition) is 3. The summed E-state index contributed by atoms with van der Waals surface area (Å²) in [6.45, 7) is 0.565. The lowest BCUT2D eigenvalue weighted by atomic mass is 10.2. The Morgan fingerprint density at radius 3 is 3.08 bits per heavy atom. The lowest BCUT2D eigenvalue weighted by Crippen LogP contribution is -2.17. The van der Waals surface area contributed by atoms with E-state index < -0.39 is 16.7 Å². The number of carbonyl (C=O) groups excluding carboxylic acids is 1. The summed E-state index contributed by atoms with van der Waals surface area (Å²) in [6.07, 6.45) is 5.45. The zero-order chi connectivity index (χ0) is 17.3. The highest BCUT2D eigenvalue weighted by Gasteiger charge is 2.22. The summed E-state index contributed by atoms with van der Waals surface area (Å²) in [5.41, 5.74) is 1.32. The summed E-state index contributed by atoms with van der Waals surface area (Å²) in [4.78, 5) is 13.4. The SMILES string of the molecule is Cn1cc2c(c1C(=O)Nc1ccc(F)c(C#N)c1)C=CCNS2=N. The molecule has 1 atom stereocenters. The number of nitrogens with one attached hydrogen (secondary N) is 3. The number of rotatable bonds is 2. The first-order valence-corrected chi connectivity index (χ1v) is 8.29. The third-order valence-electron chi connectivity index (χ3n) is 3.59. The number of amides is 1. The van der Waals surface area contributed by atoms with Gasteiger partial charge in [0, 0.05) is 31.0 Å². The largest absolute Gasteiger partial charge is 0.345 e. The van der Waals surface area contributed by atoms with E-state index >= 15 is 0 Å². The number of aromatic nitrogens is 1. The van der Waals surface area contributed by atoms with Gasteiger partial charge in [0.05, 0.1) is 10.5 Å². The number of hydrogen-bond donors (Lipinski definition) is 3. The van der Waals surface area contributed by atoms with Crippen molar-refractivity contribution in [2.24, 2.45) is 7.05 Å². The minimum atomic E-state index is -0.899. The van der Waals surface area contributed by atoms with E-state index in [0.717, 1.165) is 11.0 Å². The smallest absolute Gasteiger partial charge is 0.272 e. The number of carbonyl (C=O) groups is 1. The van der Waals surface area contributed by atoms with Gasteiger partial charge in [-0.25, -0.2) is 9.11 Å². The van der Waals surface area contributed by atoms with Crippen LogP contribution in [0.5, 0.6) is 0 Å². The minimum absolute atomic E-state index is 0.129. The quantitative estimate of drug-likeness (QED) is 0.782. The molecule has 2 heterocycles. The highest BCUT2D eigenvalue weighted by molar-refractivity contribution is 7.84. The third-order valence-corrected chi connectivity index (χ3v) is 4.81. The standard InChI is InChI=1S/C16H14FN5OS/c1-22-9-14-12(3-2-6-20-24(14)19)15(22)16(23)21-11-4-5-13(17)10(7-11)8-18/h2-5,7,9H,6H2,1H3,(H2,19,20)(H,21,23). The fourth-order valence-electron chi connectivity index (χ4n) is 2.49. The molecule has 122 valence electrons. The predicted octanol–water partition coefficient (Wildman–Crippen LogP) is 2.56. The van der Waals surface area contributed by atoms with Gasteiger partial charge in [-0.1, -0.05) is 12.2 Å². The molecule has 0 saturated heterocycles. The van der Waals surface area contributed by atoms with Crippen LogP contribution < -0.4 is 10.0 Å². The van der Waals surface area contributed by atoms with Gasteiger partial charge in [-0.05, 0) is 29.1 Å². The van der Waals surface area contributed by atoms with Crippen molar-refractivity contribution in [3.05, 3.63) is 53.1 Å². The molecule has 1 unspecified atom stereocenters. The molecule has 1 amide bonds. The number of benzene rings is 1. The molecule has 3 rings (SSSR count). The fraction of sp³-hybridized carbons (Fsp3) is 0.125. The molecule has 1 aromatic carbocycles. The normalized spacial score (nSPS) is 16.1. The van der Waals surface area contributed by atoms with Gasteiger partial charge in [-0.3, -0.25) is 9.57 Å². The number of halogens is 1. The Bertz CT molecular complexity index is 925. The topological polar surface area (TPSA) is 93.7 Å². The van der Waals surface area contributed by atoms with Crippen LogP contribution in [0.25, 0.3) is 6.08 Å². The molecule has 8 heteroatoms. The first-order valence-electron chi connectivity index (χ1n) is 7.07. The van der Waals surface area contributed by atoms with Crippen molar-refractivity contribution in [3.8, 4) is 6.07 Å². The van der Waals surface area contributed by atoms with Crippen molar-refractivity contribution in [2.75, 3.05) is 11.9 Å². The van der Waals surface area contributed by atoms with Gasteiger partial charge in [-0.2, -0.15) is 5.26 Å². The van der Waals surface area contributed by atoms with Gasteiger partial charge in [-0.15, -0.1) is 0 Å². The zero-order valence-electron chi connectivity index (χ0n) is 12.8. The first-order chi connectivity index (χ1) is 11.5. The van der Waals surface area contributed by atoms with E-state index in [4.69, 9.17) is 10.0 Å². The van der Waals surface area contributed by atoms with Crippen LogP contribution in [-0.4, -0.2) is 17.0 Å². The summed E-state index contributed by atoms with van der Waals surface area (Å²) in [5.74, 6) is -1.01. The van der Waals surface area contributed by atoms with Gasteiger partial charge in [0.1, 0.15) is 17.6 Å². The summed E-state index contributed by atoms with van der Waals surface area (Å²) in [5, 5.41) is 11.6. The Kier molecular flexibility index (Phi) is 4.29. The third kappa shape index (κ3) is 2.87. The molecule has 0 aliphatic carbocycles. The lowest BCUT2D eigenvalue weighted by molar-refractivity contribution is 0.101. The number of nitrogens with zero attached hydrogens (tertiary/aromatic N) is 2. The average molecular weight is 343 g/mol. The van der Waals surface area contributed by atoms with Gasteiger partial charge in [0.25, 0.3) is 5.91 Å². The van der Waals surface area contributed by atoms with Crippen LogP contribution in [0, 0.1) is 21.9 Å². The molecule has 0 saturated carbocycles. The Morgan fingerprint density at radius 1 is 1.54 bits per heavy atom. The van der Waals surface area contributed by atoms with E-state index in [9.17, 15) is 9.18 Å². The monoisotopic (exact) mass is 343 g/mol. The van der Waals surface area contributed by atoms with Crippen LogP contribution in [0.3, 0.4) is 0 Å². The Balaban J connectivity index is 1.97. The number of fused-ring (bicyclic) bond motifs is 1. The second-order valence-corrected chi connectivity index (χ2v) is 6.52. The van der Waals surface area contributed by atoms with Crippen molar-refractivity contribution < 1.29 is 9.18 Å². The van der Waals surface area contributed by atoms with Crippen LogP contribution in [0.1, 0.15) is 21.6 Å². The van der Waals surface area contributed by atoms with Crippen molar-refractivity contribution in [2.45, 2.75) is 4.90 Å². The van der Waals surface area contributed by atoms with Crippen LogP contribution in [0.2, 0.25) is 0 Å². The maximum atomic E-state index is 13.4. The maximum Gasteiger partial charge on any atom is 0.272 e. The molecule has 1 aliphatic heterocycles. The molecule has 24 heavy (non-hydrogen) atoms. The van der Waals surface area contributed by atoms with E-state index in [1.165, 1.54) is 12.1 Å². The highest BCUT2D eigenvalue weighted by Crippen LogP contribution is 2.24. The van der Waals surface area contributed by atoms with E-state index in [-0.39, 0.29) is 11.5 Å². The molecule has 0 bridgehead atoms. The van der Waals surface area contributed by atoms with Crippen LogP contribution in [0.4, 0.5) is 10.1 Å². The van der Waals surface area contributed by atoms with Crippen LogP contribution >= 0.6 is 0 Å². The predicted molar refractivity (Wildman–Crippen MR) is 89.9 cm³/mol. The van der Waals surface area contributed by atoms with Crippen molar-refractivity contribution >= 4 is 28.5 Å². The molecule has 0 fully saturated rings. The second-order valence-electron chi connectivity index (χ2n) is 5.18. The molecule has 2 aromatic rings. The molecular formula is C16H14FN5OS. The van der Waals surface area contributed by atoms with E-state index in [1.54, 1.807) is 23.9 Å². The number of aryl methyl sites for hydroxylation is 1. The van der Waals surface area contributed by atoms with Crippen LogP contribution in [-0.2, 0) is 17.9 Å². The molecule has 3 N–H and O–H groups in total. The first kappa shape index (κ1) is 16.1. The fourth-order valence-corrected chi connectivity index (χ4v) is 3.55. The Morgan fingerprint density at radius 2 is 2.33 bits per heavy atom. The molecule has 6 nitrogen and oxygen atoms in total. The van der Waals surface area contributed by atoms with E-state index in [0.29, 0.717) is 23.5 Å². The average Bonchev–Trinajstić information content (AvgIpc) is 2.79. The molecule has 1 aliphatic rings. The van der Waals surface area contributed by atoms with Crippen LogP contribution in [0.15, 0.2) is 35.4 Å². The van der Waals surface area contributed by atoms with Gasteiger partial charge < -0.3 is 9.88 Å². The second kappa shape index (κ2) is 6.39. The van der Waals surface area contributed by atoms with Gasteiger partial charge >= 0.3 is 0 Å². The molecule has 1 aromatic heterocycles. The van der Waals surface area contributed by atoms with Gasteiger partial charge in [0.15, 0.2) is 0 Å². The summed E-state index contributed by atoms with van der Waals surface area (Å²) < 4.78 is 26.2. The van der Waals surface area contributed by atoms with Crippen molar-refractivity contribution in [1.29, 1.82) is 10.0 Å². The Labute approximate surface area is 140 Å². The van der Waals surface area contributed by atoms with Crippen molar-refractivity contribution in [3.63, 3.8) is 0 Å². The number of anilines is 1. The zero-order valence-corrected chi connectivity index (χ0v) is 13.6. The Hall–Kier alpha value is -2.76. The van der Waals surface area contributed by atoms with Crippen molar-refractivity contribution in [1.82, 2.24) is 9.29 Å². The summed E-state index contributed by atoms with van der Waals surface area (Å²) in [6, 6.07) is 5.59. The molecule has 0 radical (unpaired) electrons. The number of nitriles is 1. The molecular weight excluding hydrogens is 329 g/mol. The minimum Gasteiger partial charge on any atom is -0.345 e. The maximum absolute atomic E-state index is 13.4. The van der Waals surface area contributed by atoms with E-state index in [2.05, 4.69) is 10.0 Å². The lowest BCUT2D eigenvalue weighted by Gasteiger charge is -2.08. The molecule has 0 spiro atoms. The highest BCUT2D eigenvalue weighted by atomic mass is 32.2.